The molecule has 1 heterocycles. The number of nitrogens with zero attached hydrogens (tertiary/aromatic N) is 1. The zero-order valence-corrected chi connectivity index (χ0v) is 11.2. The molecule has 96 valence electrons. The topological polar surface area (TPSA) is 63.9 Å². The summed E-state index contributed by atoms with van der Waals surface area (Å²) in [5.41, 5.74) is 8.34. The highest BCUT2D eigenvalue weighted by Crippen LogP contribution is 2.25. The minimum atomic E-state index is -0.186. The van der Waals surface area contributed by atoms with E-state index in [9.17, 15) is 0 Å². The second kappa shape index (κ2) is 4.37. The Labute approximate surface area is 107 Å². The van der Waals surface area contributed by atoms with Gasteiger partial charge in [-0.2, -0.15) is 0 Å². The molecule has 0 spiro atoms. The van der Waals surface area contributed by atoms with E-state index in [4.69, 9.17) is 10.5 Å². The van der Waals surface area contributed by atoms with E-state index in [1.54, 1.807) is 0 Å². The van der Waals surface area contributed by atoms with Gasteiger partial charge in [0.1, 0.15) is 11.4 Å². The third-order valence-electron chi connectivity index (χ3n) is 2.45. The Kier molecular flexibility index (Phi) is 3.03. The number of rotatable bonds is 2. The lowest BCUT2D eigenvalue weighted by Gasteiger charge is -2.21. The van der Waals surface area contributed by atoms with Crippen molar-refractivity contribution in [2.24, 2.45) is 0 Å². The molecule has 1 aromatic heterocycles. The molecule has 3 N–H and O–H groups in total. The van der Waals surface area contributed by atoms with E-state index in [1.165, 1.54) is 0 Å². The van der Waals surface area contributed by atoms with E-state index in [0.29, 0.717) is 5.95 Å². The lowest BCUT2D eigenvalue weighted by molar-refractivity contribution is 0.131. The van der Waals surface area contributed by atoms with Crippen molar-refractivity contribution in [1.82, 2.24) is 9.97 Å². The fourth-order valence-corrected chi connectivity index (χ4v) is 1.80. The maximum atomic E-state index is 5.78. The number of aryl methyl sites for hydroxylation is 1. The van der Waals surface area contributed by atoms with Gasteiger partial charge in [0.05, 0.1) is 5.69 Å². The Morgan fingerprint density at radius 2 is 1.78 bits per heavy atom. The summed E-state index contributed by atoms with van der Waals surface area (Å²) in [6.45, 7) is 8.04. The highest BCUT2D eigenvalue weighted by molar-refractivity contribution is 5.64. The van der Waals surface area contributed by atoms with Crippen LogP contribution in [0.1, 0.15) is 26.5 Å². The van der Waals surface area contributed by atoms with Crippen molar-refractivity contribution in [3.05, 3.63) is 30.0 Å². The first-order chi connectivity index (χ1) is 8.35. The first-order valence-electron chi connectivity index (χ1n) is 5.97. The average Bonchev–Trinajstić information content (AvgIpc) is 2.57. The van der Waals surface area contributed by atoms with Crippen molar-refractivity contribution in [3.63, 3.8) is 0 Å². The molecule has 0 saturated carbocycles. The summed E-state index contributed by atoms with van der Waals surface area (Å²) < 4.78 is 5.78. The van der Waals surface area contributed by atoms with Gasteiger partial charge >= 0.3 is 0 Å². The molecule has 0 aliphatic rings. The fraction of sp³-hybridized carbons (Fsp3) is 0.357. The zero-order valence-electron chi connectivity index (χ0n) is 11.2. The van der Waals surface area contributed by atoms with Crippen LogP contribution in [0.3, 0.4) is 0 Å². The number of hydrogen-bond donors (Lipinski definition) is 2. The monoisotopic (exact) mass is 245 g/mol. The fourth-order valence-electron chi connectivity index (χ4n) is 1.80. The third kappa shape index (κ3) is 2.83. The molecule has 0 unspecified atom stereocenters. The van der Waals surface area contributed by atoms with Gasteiger partial charge in [0.2, 0.25) is 0 Å². The van der Waals surface area contributed by atoms with Crippen molar-refractivity contribution in [1.29, 1.82) is 0 Å². The van der Waals surface area contributed by atoms with Crippen LogP contribution in [0.2, 0.25) is 0 Å². The van der Waals surface area contributed by atoms with E-state index in [1.807, 2.05) is 52.0 Å². The molecule has 0 saturated heterocycles. The molecule has 0 amide bonds. The quantitative estimate of drug-likeness (QED) is 0.854. The summed E-state index contributed by atoms with van der Waals surface area (Å²) in [5, 5.41) is 0. The number of aromatic amines is 1. The van der Waals surface area contributed by atoms with Crippen LogP contribution >= 0.6 is 0 Å². The van der Waals surface area contributed by atoms with Gasteiger partial charge in [0.15, 0.2) is 5.95 Å². The molecule has 0 fully saturated rings. The standard InChI is InChI=1S/C14H19N3O/c1-9-12(17-13(15)16-9)10-5-7-11(8-6-10)18-14(2,3)4/h5-8H,1-4H3,(H3,15,16,17). The minimum Gasteiger partial charge on any atom is -0.488 e. The second-order valence-electron chi connectivity index (χ2n) is 5.33. The van der Waals surface area contributed by atoms with E-state index >= 15 is 0 Å². The van der Waals surface area contributed by atoms with Crippen molar-refractivity contribution < 1.29 is 4.74 Å². The summed E-state index contributed by atoms with van der Waals surface area (Å²) in [4.78, 5) is 7.26. The molecular weight excluding hydrogens is 226 g/mol. The van der Waals surface area contributed by atoms with Crippen LogP contribution in [0, 0.1) is 6.92 Å². The first-order valence-corrected chi connectivity index (χ1v) is 5.97. The number of nitrogens with one attached hydrogen (secondary N) is 1. The van der Waals surface area contributed by atoms with Crippen molar-refractivity contribution in [2.75, 3.05) is 5.73 Å². The Morgan fingerprint density at radius 1 is 1.17 bits per heavy atom. The van der Waals surface area contributed by atoms with Crippen LogP contribution in [-0.2, 0) is 0 Å². The molecule has 0 bridgehead atoms. The molecule has 4 nitrogen and oxygen atoms in total. The maximum Gasteiger partial charge on any atom is 0.198 e. The number of hydrogen-bond acceptors (Lipinski definition) is 3. The average molecular weight is 245 g/mol. The number of benzene rings is 1. The van der Waals surface area contributed by atoms with Crippen LogP contribution in [-0.4, -0.2) is 15.6 Å². The predicted molar refractivity (Wildman–Crippen MR) is 73.6 cm³/mol. The van der Waals surface area contributed by atoms with Crippen LogP contribution in [0.25, 0.3) is 11.3 Å². The highest BCUT2D eigenvalue weighted by Gasteiger charge is 2.12. The van der Waals surface area contributed by atoms with Gasteiger partial charge in [-0.15, -0.1) is 0 Å². The molecule has 1 aromatic carbocycles. The highest BCUT2D eigenvalue weighted by atomic mass is 16.5. The molecule has 0 radical (unpaired) electrons. The van der Waals surface area contributed by atoms with Gasteiger partial charge in [-0.1, -0.05) is 0 Å². The molecule has 2 rings (SSSR count). The number of imidazole rings is 1. The number of ether oxygens (including phenoxy) is 1. The van der Waals surface area contributed by atoms with E-state index in [0.717, 1.165) is 22.7 Å². The SMILES string of the molecule is Cc1[nH]c(N)nc1-c1ccc(OC(C)(C)C)cc1. The van der Waals surface area contributed by atoms with E-state index in [-0.39, 0.29) is 5.60 Å². The number of anilines is 1. The Bertz CT molecular complexity index is 535. The van der Waals surface area contributed by atoms with Gasteiger partial charge in [0.25, 0.3) is 0 Å². The van der Waals surface area contributed by atoms with Gasteiger partial charge < -0.3 is 15.5 Å². The first kappa shape index (κ1) is 12.5. The normalized spacial score (nSPS) is 11.6. The number of H-pyrrole nitrogens is 1. The third-order valence-corrected chi connectivity index (χ3v) is 2.45. The Hall–Kier alpha value is -1.97. The van der Waals surface area contributed by atoms with Crippen LogP contribution in [0.5, 0.6) is 5.75 Å². The molecule has 18 heavy (non-hydrogen) atoms. The number of nitrogens with two attached hydrogens (primary N) is 1. The second-order valence-corrected chi connectivity index (χ2v) is 5.33. The van der Waals surface area contributed by atoms with E-state index in [2.05, 4.69) is 9.97 Å². The van der Waals surface area contributed by atoms with E-state index < -0.39 is 0 Å². The molecule has 4 heteroatoms. The number of aromatic nitrogens is 2. The molecule has 2 aromatic rings. The Balaban J connectivity index is 2.25. The van der Waals surface area contributed by atoms with Gasteiger partial charge in [-0.05, 0) is 52.0 Å². The smallest absolute Gasteiger partial charge is 0.198 e. The van der Waals surface area contributed by atoms with Crippen LogP contribution in [0.4, 0.5) is 5.95 Å². The maximum absolute atomic E-state index is 5.78. The number of nitrogen functional groups attached to an aromatic ring is 1. The molecular formula is C14H19N3O. The van der Waals surface area contributed by atoms with Crippen LogP contribution in [0.15, 0.2) is 24.3 Å². The molecule has 0 atom stereocenters. The summed E-state index contributed by atoms with van der Waals surface area (Å²) in [6.07, 6.45) is 0. The largest absolute Gasteiger partial charge is 0.488 e. The van der Waals surface area contributed by atoms with Crippen LogP contribution < -0.4 is 10.5 Å². The lowest BCUT2D eigenvalue weighted by atomic mass is 10.1. The van der Waals surface area contributed by atoms with Gasteiger partial charge in [-0.3, -0.25) is 0 Å². The van der Waals surface area contributed by atoms with Gasteiger partial charge in [0, 0.05) is 11.3 Å². The summed E-state index contributed by atoms with van der Waals surface area (Å²) in [6, 6.07) is 7.88. The zero-order chi connectivity index (χ0) is 13.3. The van der Waals surface area contributed by atoms with Crippen molar-refractivity contribution in [3.8, 4) is 17.0 Å². The van der Waals surface area contributed by atoms with Crippen molar-refractivity contribution >= 4 is 5.95 Å². The molecule has 0 aliphatic carbocycles. The lowest BCUT2D eigenvalue weighted by Crippen LogP contribution is -2.22. The Morgan fingerprint density at radius 3 is 2.22 bits per heavy atom. The van der Waals surface area contributed by atoms with Gasteiger partial charge in [-0.25, -0.2) is 4.98 Å². The van der Waals surface area contributed by atoms with Crippen molar-refractivity contribution in [2.45, 2.75) is 33.3 Å². The minimum absolute atomic E-state index is 0.186. The summed E-state index contributed by atoms with van der Waals surface area (Å²) in [5.74, 6) is 1.30. The predicted octanol–water partition coefficient (Wildman–Crippen LogP) is 3.14. The summed E-state index contributed by atoms with van der Waals surface area (Å²) in [7, 11) is 0. The molecule has 0 aliphatic heterocycles. The summed E-state index contributed by atoms with van der Waals surface area (Å²) >= 11 is 0.